The molecule has 160 valence electrons. The Kier molecular flexibility index (Phi) is 5.97. The quantitative estimate of drug-likeness (QED) is 0.631. The topological polar surface area (TPSA) is 91.7 Å². The van der Waals surface area contributed by atoms with E-state index in [0.29, 0.717) is 43.8 Å². The molecule has 8 heteroatoms. The van der Waals surface area contributed by atoms with Gasteiger partial charge in [0.05, 0.1) is 5.69 Å². The van der Waals surface area contributed by atoms with Crippen LogP contribution in [0, 0.1) is 11.7 Å². The Morgan fingerprint density at radius 3 is 2.45 bits per heavy atom. The first kappa shape index (κ1) is 20.6. The van der Waals surface area contributed by atoms with Crippen molar-refractivity contribution >= 4 is 34.4 Å². The number of benzene rings is 2. The van der Waals surface area contributed by atoms with Crippen LogP contribution in [0.25, 0.3) is 11.0 Å². The molecule has 31 heavy (non-hydrogen) atoms. The molecule has 1 aliphatic heterocycles. The van der Waals surface area contributed by atoms with Crippen molar-refractivity contribution in [1.82, 2.24) is 10.2 Å². The van der Waals surface area contributed by atoms with Gasteiger partial charge in [-0.3, -0.25) is 14.4 Å². The lowest BCUT2D eigenvalue weighted by molar-refractivity contribution is -0.136. The number of likely N-dealkylation sites (tertiary alicyclic amines) is 1. The molecular weight excluding hydrogens is 401 g/mol. The number of carbonyl (C=O) groups excluding carboxylic acids is 3. The third kappa shape index (κ3) is 4.74. The second kappa shape index (κ2) is 8.99. The first-order chi connectivity index (χ1) is 15.0. The summed E-state index contributed by atoms with van der Waals surface area (Å²) in [5, 5.41) is 5.74. The number of piperidine rings is 1. The summed E-state index contributed by atoms with van der Waals surface area (Å²) >= 11 is 0. The normalized spacial score (nSPS) is 14.4. The van der Waals surface area contributed by atoms with Crippen molar-refractivity contribution in [3.63, 3.8) is 0 Å². The van der Waals surface area contributed by atoms with E-state index in [4.69, 9.17) is 4.42 Å². The van der Waals surface area contributed by atoms with Crippen LogP contribution in [0.15, 0.2) is 59.0 Å². The highest BCUT2D eigenvalue weighted by Crippen LogP contribution is 2.23. The van der Waals surface area contributed by atoms with Gasteiger partial charge in [-0.25, -0.2) is 4.39 Å². The van der Waals surface area contributed by atoms with Crippen molar-refractivity contribution in [1.29, 1.82) is 0 Å². The minimum atomic E-state index is -0.914. The van der Waals surface area contributed by atoms with E-state index in [0.717, 1.165) is 5.39 Å². The van der Waals surface area contributed by atoms with Gasteiger partial charge in [0.25, 0.3) is 5.91 Å². The van der Waals surface area contributed by atoms with Gasteiger partial charge in [0.1, 0.15) is 11.4 Å². The summed E-state index contributed by atoms with van der Waals surface area (Å²) in [5.41, 5.74) is 0.636. The average Bonchev–Trinajstić information content (AvgIpc) is 3.23. The minimum absolute atomic E-state index is 0.0416. The molecule has 2 N–H and O–H groups in total. The van der Waals surface area contributed by atoms with Crippen LogP contribution in [-0.2, 0) is 9.59 Å². The van der Waals surface area contributed by atoms with Crippen LogP contribution in [0.3, 0.4) is 0 Å². The largest absolute Gasteiger partial charge is 0.451 e. The lowest BCUT2D eigenvalue weighted by Gasteiger charge is -2.31. The Morgan fingerprint density at radius 1 is 1.00 bits per heavy atom. The van der Waals surface area contributed by atoms with Crippen molar-refractivity contribution in [2.24, 2.45) is 5.92 Å². The van der Waals surface area contributed by atoms with Crippen LogP contribution in [0.2, 0.25) is 0 Å². The summed E-state index contributed by atoms with van der Waals surface area (Å²) in [5.74, 6) is -2.03. The molecule has 3 amide bonds. The Morgan fingerprint density at radius 2 is 1.71 bits per heavy atom. The Bertz CT molecular complexity index is 1090. The highest BCUT2D eigenvalue weighted by molar-refractivity contribution is 6.39. The molecular formula is C23H22FN3O4. The Balaban J connectivity index is 1.24. The van der Waals surface area contributed by atoms with E-state index in [1.165, 1.54) is 18.2 Å². The fourth-order valence-corrected chi connectivity index (χ4v) is 3.64. The number of hydrogen-bond acceptors (Lipinski definition) is 4. The number of nitrogens with one attached hydrogen (secondary N) is 2. The molecule has 0 spiro atoms. The monoisotopic (exact) mass is 423 g/mol. The number of para-hydroxylation sites is 2. The molecule has 1 aliphatic rings. The molecule has 0 aliphatic carbocycles. The highest BCUT2D eigenvalue weighted by Gasteiger charge is 2.26. The minimum Gasteiger partial charge on any atom is -0.451 e. The summed E-state index contributed by atoms with van der Waals surface area (Å²) in [7, 11) is 0. The molecule has 0 atom stereocenters. The molecule has 3 aromatic rings. The van der Waals surface area contributed by atoms with E-state index in [1.54, 1.807) is 17.0 Å². The van der Waals surface area contributed by atoms with E-state index in [1.807, 2.05) is 24.3 Å². The molecule has 7 nitrogen and oxygen atoms in total. The number of carbonyl (C=O) groups is 3. The van der Waals surface area contributed by atoms with Gasteiger partial charge in [-0.1, -0.05) is 30.3 Å². The third-order valence-corrected chi connectivity index (χ3v) is 5.42. The highest BCUT2D eigenvalue weighted by atomic mass is 19.1. The molecule has 0 bridgehead atoms. The van der Waals surface area contributed by atoms with Gasteiger partial charge in [0.15, 0.2) is 5.76 Å². The van der Waals surface area contributed by atoms with Crippen LogP contribution < -0.4 is 10.6 Å². The summed E-state index contributed by atoms with van der Waals surface area (Å²) in [6.07, 6.45) is 1.39. The first-order valence-electron chi connectivity index (χ1n) is 10.1. The summed E-state index contributed by atoms with van der Waals surface area (Å²) in [6, 6.07) is 14.9. The molecule has 0 saturated carbocycles. The van der Waals surface area contributed by atoms with Gasteiger partial charge < -0.3 is 20.0 Å². The van der Waals surface area contributed by atoms with Crippen molar-refractivity contribution in [2.75, 3.05) is 25.0 Å². The zero-order valence-corrected chi connectivity index (χ0v) is 16.8. The first-order valence-corrected chi connectivity index (χ1v) is 10.1. The predicted molar refractivity (Wildman–Crippen MR) is 113 cm³/mol. The molecule has 0 unspecified atom stereocenters. The Hall–Kier alpha value is -3.68. The molecule has 1 saturated heterocycles. The maximum Gasteiger partial charge on any atom is 0.313 e. The fraction of sp³-hybridized carbons (Fsp3) is 0.261. The smallest absolute Gasteiger partial charge is 0.313 e. The van der Waals surface area contributed by atoms with E-state index >= 15 is 0 Å². The zero-order chi connectivity index (χ0) is 21.8. The van der Waals surface area contributed by atoms with Crippen LogP contribution >= 0.6 is 0 Å². The van der Waals surface area contributed by atoms with Gasteiger partial charge in [-0.2, -0.15) is 0 Å². The molecule has 0 radical (unpaired) electrons. The van der Waals surface area contributed by atoms with E-state index in [2.05, 4.69) is 10.6 Å². The second-order valence-electron chi connectivity index (χ2n) is 7.53. The molecule has 2 heterocycles. The van der Waals surface area contributed by atoms with Crippen LogP contribution in [0.5, 0.6) is 0 Å². The number of furan rings is 1. The van der Waals surface area contributed by atoms with Crippen LogP contribution in [0.4, 0.5) is 10.1 Å². The van der Waals surface area contributed by atoms with Crippen LogP contribution in [0.1, 0.15) is 23.4 Å². The molecule has 1 aromatic heterocycles. The van der Waals surface area contributed by atoms with Crippen molar-refractivity contribution in [2.45, 2.75) is 12.8 Å². The number of fused-ring (bicyclic) bond motifs is 1. The van der Waals surface area contributed by atoms with E-state index < -0.39 is 17.6 Å². The average molecular weight is 423 g/mol. The van der Waals surface area contributed by atoms with Gasteiger partial charge in [-0.15, -0.1) is 0 Å². The van der Waals surface area contributed by atoms with Gasteiger partial charge in [0, 0.05) is 25.0 Å². The molecule has 2 aromatic carbocycles. The van der Waals surface area contributed by atoms with Gasteiger partial charge in [-0.05, 0) is 43.0 Å². The number of nitrogens with zero attached hydrogens (tertiary/aromatic N) is 1. The number of anilines is 1. The number of rotatable bonds is 4. The number of halogens is 1. The van der Waals surface area contributed by atoms with Crippen molar-refractivity contribution in [3.05, 3.63) is 66.2 Å². The molecule has 4 rings (SSSR count). The third-order valence-electron chi connectivity index (χ3n) is 5.42. The lowest BCUT2D eigenvalue weighted by Crippen LogP contribution is -2.43. The SMILES string of the molecule is O=C(NCC1CCN(C(=O)c2cc3ccccc3o2)CC1)C(=O)Nc1ccccc1F. The standard InChI is InChI=1S/C23H22FN3O4/c24-17-6-2-3-7-18(17)26-22(29)21(28)25-14-15-9-11-27(12-10-15)23(30)20-13-16-5-1-4-8-19(16)31-20/h1-8,13,15H,9-12,14H2,(H,25,28)(H,26,29). The Labute approximate surface area is 178 Å². The summed E-state index contributed by atoms with van der Waals surface area (Å²) in [4.78, 5) is 38.4. The summed E-state index contributed by atoms with van der Waals surface area (Å²) in [6.45, 7) is 1.39. The predicted octanol–water partition coefficient (Wildman–Crippen LogP) is 3.18. The van der Waals surface area contributed by atoms with Crippen molar-refractivity contribution < 1.29 is 23.2 Å². The number of hydrogen-bond donors (Lipinski definition) is 2. The maximum absolute atomic E-state index is 13.6. The van der Waals surface area contributed by atoms with Gasteiger partial charge >= 0.3 is 11.8 Å². The maximum atomic E-state index is 13.6. The van der Waals surface area contributed by atoms with Crippen molar-refractivity contribution in [3.8, 4) is 0 Å². The number of amides is 3. The van der Waals surface area contributed by atoms with E-state index in [9.17, 15) is 18.8 Å². The summed E-state index contributed by atoms with van der Waals surface area (Å²) < 4.78 is 19.2. The lowest BCUT2D eigenvalue weighted by atomic mass is 9.96. The zero-order valence-electron chi connectivity index (χ0n) is 16.8. The van der Waals surface area contributed by atoms with Crippen LogP contribution in [-0.4, -0.2) is 42.3 Å². The molecule has 1 fully saturated rings. The second-order valence-corrected chi connectivity index (χ2v) is 7.53. The van der Waals surface area contributed by atoms with E-state index in [-0.39, 0.29) is 17.5 Å². The van der Waals surface area contributed by atoms with Gasteiger partial charge in [0.2, 0.25) is 0 Å². The fourth-order valence-electron chi connectivity index (χ4n) is 3.64.